The summed E-state index contributed by atoms with van der Waals surface area (Å²) in [4.78, 5) is 28.1. The van der Waals surface area contributed by atoms with E-state index < -0.39 is 12.8 Å². The van der Waals surface area contributed by atoms with Gasteiger partial charge in [0.25, 0.3) is 5.91 Å². The van der Waals surface area contributed by atoms with E-state index >= 15 is 0 Å². The van der Waals surface area contributed by atoms with Gasteiger partial charge in [-0.05, 0) is 30.2 Å². The number of alkyl halides is 3. The molecule has 0 aliphatic heterocycles. The van der Waals surface area contributed by atoms with Crippen LogP contribution in [0.15, 0.2) is 36.4 Å². The third-order valence-electron chi connectivity index (χ3n) is 3.81. The van der Waals surface area contributed by atoms with E-state index in [0.717, 1.165) is 5.56 Å². The maximum absolute atomic E-state index is 12.4. The van der Waals surface area contributed by atoms with Crippen molar-refractivity contribution in [2.75, 3.05) is 11.9 Å². The number of anilines is 1. The number of carbonyl (C=O) groups is 2. The Labute approximate surface area is 166 Å². The Bertz CT molecular complexity index is 852. The molecule has 0 spiro atoms. The average molecular weight is 409 g/mol. The van der Waals surface area contributed by atoms with E-state index in [1.54, 1.807) is 44.2 Å². The van der Waals surface area contributed by atoms with E-state index in [9.17, 15) is 22.8 Å². The Morgan fingerprint density at radius 1 is 1.10 bits per heavy atom. The van der Waals surface area contributed by atoms with Crippen LogP contribution >= 0.6 is 0 Å². The van der Waals surface area contributed by atoms with E-state index in [2.05, 4.69) is 20.4 Å². The summed E-state index contributed by atoms with van der Waals surface area (Å²) in [5, 5.41) is 5.38. The van der Waals surface area contributed by atoms with Gasteiger partial charge in [-0.25, -0.2) is 4.98 Å². The van der Waals surface area contributed by atoms with Crippen LogP contribution in [0.2, 0.25) is 0 Å². The minimum Gasteiger partial charge on any atom is -0.367 e. The molecule has 0 radical (unpaired) electrons. The van der Waals surface area contributed by atoms with Crippen molar-refractivity contribution in [3.63, 3.8) is 0 Å². The number of ether oxygens (including phenoxy) is 1. The predicted molar refractivity (Wildman–Crippen MR) is 101 cm³/mol. The smallest absolute Gasteiger partial charge is 0.367 e. The van der Waals surface area contributed by atoms with Crippen molar-refractivity contribution in [2.45, 2.75) is 39.6 Å². The van der Waals surface area contributed by atoms with Crippen molar-refractivity contribution in [1.29, 1.82) is 0 Å². The number of halogens is 3. The molecule has 0 aliphatic rings. The van der Waals surface area contributed by atoms with Crippen LogP contribution in [-0.2, 0) is 22.7 Å². The van der Waals surface area contributed by atoms with Gasteiger partial charge in [0.2, 0.25) is 5.91 Å². The van der Waals surface area contributed by atoms with Gasteiger partial charge in [-0.2, -0.15) is 13.2 Å². The molecular formula is C20H22F3N3O3. The van der Waals surface area contributed by atoms with Gasteiger partial charge in [0, 0.05) is 24.2 Å². The Kier molecular flexibility index (Phi) is 7.72. The van der Waals surface area contributed by atoms with Gasteiger partial charge in [0.1, 0.15) is 12.4 Å². The van der Waals surface area contributed by atoms with Crippen LogP contribution in [0.5, 0.6) is 0 Å². The summed E-state index contributed by atoms with van der Waals surface area (Å²) < 4.78 is 40.8. The summed E-state index contributed by atoms with van der Waals surface area (Å²) in [6, 6.07) is 9.81. The molecule has 2 aromatic rings. The lowest BCUT2D eigenvalue weighted by Crippen LogP contribution is -2.23. The molecule has 2 amide bonds. The summed E-state index contributed by atoms with van der Waals surface area (Å²) in [7, 11) is 0. The minimum atomic E-state index is -4.35. The van der Waals surface area contributed by atoms with Crippen molar-refractivity contribution < 1.29 is 27.5 Å². The number of hydrogen-bond acceptors (Lipinski definition) is 4. The van der Waals surface area contributed by atoms with Crippen LogP contribution in [0.25, 0.3) is 0 Å². The Morgan fingerprint density at radius 3 is 2.38 bits per heavy atom. The molecule has 156 valence electrons. The van der Waals surface area contributed by atoms with Gasteiger partial charge in [-0.3, -0.25) is 9.59 Å². The number of rotatable bonds is 8. The molecular weight excluding hydrogens is 387 g/mol. The van der Waals surface area contributed by atoms with E-state index in [1.165, 1.54) is 6.07 Å². The number of pyridine rings is 1. The van der Waals surface area contributed by atoms with Crippen LogP contribution < -0.4 is 10.6 Å². The van der Waals surface area contributed by atoms with Crippen molar-refractivity contribution in [3.05, 3.63) is 58.8 Å². The fourth-order valence-corrected chi connectivity index (χ4v) is 2.42. The third kappa shape index (κ3) is 7.90. The quantitative estimate of drug-likeness (QED) is 0.696. The summed E-state index contributed by atoms with van der Waals surface area (Å²) >= 11 is 0. The Hall–Kier alpha value is -2.94. The molecule has 1 aromatic heterocycles. The molecule has 2 N–H and O–H groups in total. The molecule has 0 unspecified atom stereocenters. The minimum absolute atomic E-state index is 0.144. The van der Waals surface area contributed by atoms with Gasteiger partial charge in [-0.1, -0.05) is 31.2 Å². The summed E-state index contributed by atoms with van der Waals surface area (Å²) in [5.74, 6) is -0.223. The topological polar surface area (TPSA) is 80.3 Å². The lowest BCUT2D eigenvalue weighted by atomic mass is 10.1. The summed E-state index contributed by atoms with van der Waals surface area (Å²) in [5.41, 5.74) is 2.34. The Balaban J connectivity index is 1.91. The second kappa shape index (κ2) is 10.0. The van der Waals surface area contributed by atoms with Crippen molar-refractivity contribution in [1.82, 2.24) is 10.3 Å². The molecule has 2 rings (SSSR count). The molecule has 1 heterocycles. The number of hydrogen-bond donors (Lipinski definition) is 2. The largest absolute Gasteiger partial charge is 0.411 e. The van der Waals surface area contributed by atoms with Gasteiger partial charge in [0.05, 0.1) is 6.61 Å². The highest BCUT2D eigenvalue weighted by atomic mass is 19.4. The normalized spacial score (nSPS) is 11.2. The second-order valence-corrected chi connectivity index (χ2v) is 6.39. The first kappa shape index (κ1) is 22.4. The number of nitrogens with zero attached hydrogens (tertiary/aromatic N) is 1. The highest BCUT2D eigenvalue weighted by Crippen LogP contribution is 2.16. The fraction of sp³-hybridized carbons (Fsp3) is 0.350. The zero-order valence-electron chi connectivity index (χ0n) is 16.1. The molecule has 6 nitrogen and oxygen atoms in total. The van der Waals surface area contributed by atoms with Crippen LogP contribution in [0.3, 0.4) is 0 Å². The zero-order chi connectivity index (χ0) is 21.4. The van der Waals surface area contributed by atoms with Gasteiger partial charge in [0.15, 0.2) is 0 Å². The average Bonchev–Trinajstić information content (AvgIpc) is 2.65. The zero-order valence-corrected chi connectivity index (χ0v) is 16.1. The number of carbonyl (C=O) groups excluding carboxylic acids is 2. The highest BCUT2D eigenvalue weighted by Gasteiger charge is 2.27. The van der Waals surface area contributed by atoms with E-state index in [0.29, 0.717) is 29.1 Å². The van der Waals surface area contributed by atoms with E-state index in [1.807, 2.05) is 0 Å². The lowest BCUT2D eigenvalue weighted by molar-refractivity contribution is -0.176. The predicted octanol–water partition coefficient (Wildman–Crippen LogP) is 3.75. The number of nitrogens with one attached hydrogen (secondary N) is 2. The number of aryl methyl sites for hydroxylation is 1. The molecule has 0 bridgehead atoms. The maximum Gasteiger partial charge on any atom is 0.411 e. The first-order chi connectivity index (χ1) is 13.7. The van der Waals surface area contributed by atoms with Crippen LogP contribution in [0, 0.1) is 6.92 Å². The number of benzene rings is 1. The van der Waals surface area contributed by atoms with Crippen LogP contribution in [0.4, 0.5) is 19.0 Å². The van der Waals surface area contributed by atoms with Gasteiger partial charge in [-0.15, -0.1) is 0 Å². The number of aromatic nitrogens is 1. The Morgan fingerprint density at radius 2 is 1.76 bits per heavy atom. The molecule has 0 atom stereocenters. The fourth-order valence-electron chi connectivity index (χ4n) is 2.42. The SMILES string of the molecule is CCC(=O)Nc1cc(C(=O)NCc2ccc(COCC(F)(F)F)cc2)cc(C)n1. The molecule has 0 fully saturated rings. The monoisotopic (exact) mass is 409 g/mol. The van der Waals surface area contributed by atoms with E-state index in [-0.39, 0.29) is 25.0 Å². The van der Waals surface area contributed by atoms with Gasteiger partial charge >= 0.3 is 6.18 Å². The summed E-state index contributed by atoms with van der Waals surface area (Å²) in [6.07, 6.45) is -4.05. The standard InChI is InChI=1S/C20H22F3N3O3/c1-3-18(27)26-17-9-16(8-13(2)25-17)19(28)24-10-14-4-6-15(7-5-14)11-29-12-20(21,22)23/h4-9H,3,10-12H2,1-2H3,(H,24,28)(H,25,26,27). The van der Waals surface area contributed by atoms with Gasteiger partial charge < -0.3 is 15.4 Å². The van der Waals surface area contributed by atoms with E-state index in [4.69, 9.17) is 0 Å². The highest BCUT2D eigenvalue weighted by molar-refractivity contribution is 5.96. The van der Waals surface area contributed by atoms with Crippen molar-refractivity contribution in [3.8, 4) is 0 Å². The molecule has 0 saturated carbocycles. The number of amides is 2. The molecule has 1 aromatic carbocycles. The first-order valence-corrected chi connectivity index (χ1v) is 8.95. The third-order valence-corrected chi connectivity index (χ3v) is 3.81. The van der Waals surface area contributed by atoms with Crippen molar-refractivity contribution >= 4 is 17.6 Å². The first-order valence-electron chi connectivity index (χ1n) is 8.95. The summed E-state index contributed by atoms with van der Waals surface area (Å²) in [6.45, 7) is 2.23. The van der Waals surface area contributed by atoms with Crippen LogP contribution in [-0.4, -0.2) is 29.6 Å². The molecule has 9 heteroatoms. The van der Waals surface area contributed by atoms with Crippen molar-refractivity contribution in [2.24, 2.45) is 0 Å². The molecule has 29 heavy (non-hydrogen) atoms. The molecule has 0 saturated heterocycles. The molecule has 0 aliphatic carbocycles. The second-order valence-electron chi connectivity index (χ2n) is 6.39. The maximum atomic E-state index is 12.4. The lowest BCUT2D eigenvalue weighted by Gasteiger charge is -2.10. The van der Waals surface area contributed by atoms with Crippen LogP contribution in [0.1, 0.15) is 40.5 Å².